The van der Waals surface area contributed by atoms with Gasteiger partial charge in [0.15, 0.2) is 0 Å². The number of aliphatic hydroxyl groups is 1. The van der Waals surface area contributed by atoms with Crippen LogP contribution in [0, 0.1) is 0 Å². The molecule has 0 heterocycles. The van der Waals surface area contributed by atoms with E-state index in [-0.39, 0.29) is 19.3 Å². The first kappa shape index (κ1) is 13.0. The van der Waals surface area contributed by atoms with Gasteiger partial charge in [0.05, 0.1) is 6.10 Å². The molecule has 14 heavy (non-hydrogen) atoms. The number of aliphatic hydroxyl groups excluding tert-OH is 1. The highest BCUT2D eigenvalue weighted by molar-refractivity contribution is 5.60. The van der Waals surface area contributed by atoms with Crippen molar-refractivity contribution in [3.05, 3.63) is 12.2 Å². The fourth-order valence-electron chi connectivity index (χ4n) is 0.738. The van der Waals surface area contributed by atoms with Crippen molar-refractivity contribution in [2.45, 2.75) is 32.8 Å². The molecule has 0 aliphatic rings. The Hall–Kier alpha value is -1.03. The molecule has 0 spiro atoms. The van der Waals surface area contributed by atoms with Gasteiger partial charge in [-0.25, -0.2) is 4.79 Å². The second-order valence-corrected chi connectivity index (χ2v) is 3.06. The standard InChI is InChI=1S/C10H18O4/c1-9(2)14-10(12)13-8-6-4-3-5-7-11/h4,6,9,11H,3,5,7-8H2,1-2H3/b6-4+. The average molecular weight is 202 g/mol. The summed E-state index contributed by atoms with van der Waals surface area (Å²) in [5.74, 6) is 0. The summed E-state index contributed by atoms with van der Waals surface area (Å²) in [6.45, 7) is 3.92. The maximum Gasteiger partial charge on any atom is 0.508 e. The molecule has 0 atom stereocenters. The van der Waals surface area contributed by atoms with Gasteiger partial charge in [0.2, 0.25) is 0 Å². The molecular weight excluding hydrogens is 184 g/mol. The number of hydrogen-bond acceptors (Lipinski definition) is 4. The van der Waals surface area contributed by atoms with Gasteiger partial charge in [0.25, 0.3) is 0 Å². The Morgan fingerprint density at radius 1 is 1.43 bits per heavy atom. The van der Waals surface area contributed by atoms with Gasteiger partial charge in [-0.15, -0.1) is 0 Å². The predicted octanol–water partition coefficient (Wildman–Crippen LogP) is 1.88. The molecule has 0 aliphatic carbocycles. The van der Waals surface area contributed by atoms with E-state index in [1.807, 2.05) is 6.08 Å². The number of rotatable bonds is 6. The van der Waals surface area contributed by atoms with Gasteiger partial charge in [0.1, 0.15) is 6.61 Å². The number of carbonyl (C=O) groups excluding carboxylic acids is 1. The van der Waals surface area contributed by atoms with Gasteiger partial charge in [-0.1, -0.05) is 12.2 Å². The van der Waals surface area contributed by atoms with Gasteiger partial charge in [-0.2, -0.15) is 0 Å². The van der Waals surface area contributed by atoms with E-state index in [9.17, 15) is 4.79 Å². The molecule has 0 fully saturated rings. The first-order chi connectivity index (χ1) is 6.66. The Morgan fingerprint density at radius 2 is 2.14 bits per heavy atom. The zero-order valence-corrected chi connectivity index (χ0v) is 8.73. The smallest absolute Gasteiger partial charge is 0.432 e. The molecule has 4 nitrogen and oxygen atoms in total. The minimum absolute atomic E-state index is 0.152. The predicted molar refractivity (Wildman–Crippen MR) is 53.0 cm³/mol. The van der Waals surface area contributed by atoms with Crippen LogP contribution in [0.1, 0.15) is 26.7 Å². The maximum absolute atomic E-state index is 10.8. The summed E-state index contributed by atoms with van der Waals surface area (Å²) < 4.78 is 9.47. The molecule has 0 unspecified atom stereocenters. The van der Waals surface area contributed by atoms with Crippen molar-refractivity contribution in [2.24, 2.45) is 0 Å². The third kappa shape index (κ3) is 9.06. The van der Waals surface area contributed by atoms with Gasteiger partial charge in [-0.3, -0.25) is 0 Å². The topological polar surface area (TPSA) is 55.8 Å². The summed E-state index contributed by atoms with van der Waals surface area (Å²) in [4.78, 5) is 10.8. The van der Waals surface area contributed by atoms with Crippen molar-refractivity contribution in [3.8, 4) is 0 Å². The quantitative estimate of drug-likeness (QED) is 0.406. The highest BCUT2D eigenvalue weighted by Gasteiger charge is 2.03. The molecule has 82 valence electrons. The Kier molecular flexibility index (Phi) is 7.93. The first-order valence-corrected chi connectivity index (χ1v) is 4.76. The van der Waals surface area contributed by atoms with Crippen LogP contribution < -0.4 is 0 Å². The molecule has 0 rings (SSSR count). The third-order valence-electron chi connectivity index (χ3n) is 1.32. The number of allylic oxidation sites excluding steroid dienone is 1. The van der Waals surface area contributed by atoms with Crippen molar-refractivity contribution in [1.29, 1.82) is 0 Å². The van der Waals surface area contributed by atoms with Crippen molar-refractivity contribution in [2.75, 3.05) is 13.2 Å². The molecule has 0 saturated carbocycles. The van der Waals surface area contributed by atoms with E-state index in [1.54, 1.807) is 19.9 Å². The van der Waals surface area contributed by atoms with Crippen molar-refractivity contribution in [3.63, 3.8) is 0 Å². The fourth-order valence-corrected chi connectivity index (χ4v) is 0.738. The van der Waals surface area contributed by atoms with E-state index in [2.05, 4.69) is 0 Å². The van der Waals surface area contributed by atoms with Crippen LogP contribution in [0.5, 0.6) is 0 Å². The number of unbranched alkanes of at least 4 members (excludes halogenated alkanes) is 1. The van der Waals surface area contributed by atoms with E-state index in [0.29, 0.717) is 0 Å². The van der Waals surface area contributed by atoms with Crippen LogP contribution >= 0.6 is 0 Å². The summed E-state index contributed by atoms with van der Waals surface area (Å²) in [7, 11) is 0. The number of ether oxygens (including phenoxy) is 2. The van der Waals surface area contributed by atoms with Crippen LogP contribution in [-0.2, 0) is 9.47 Å². The van der Waals surface area contributed by atoms with Crippen molar-refractivity contribution >= 4 is 6.16 Å². The molecule has 0 aliphatic heterocycles. The zero-order chi connectivity index (χ0) is 10.8. The molecule has 0 bridgehead atoms. The highest BCUT2D eigenvalue weighted by Crippen LogP contribution is 1.94. The third-order valence-corrected chi connectivity index (χ3v) is 1.32. The minimum Gasteiger partial charge on any atom is -0.432 e. The Balaban J connectivity index is 3.34. The zero-order valence-electron chi connectivity index (χ0n) is 8.73. The molecule has 4 heteroatoms. The Bertz CT molecular complexity index is 175. The highest BCUT2D eigenvalue weighted by atomic mass is 16.7. The van der Waals surface area contributed by atoms with Crippen LogP contribution in [0.4, 0.5) is 4.79 Å². The van der Waals surface area contributed by atoms with E-state index in [0.717, 1.165) is 12.8 Å². The van der Waals surface area contributed by atoms with Crippen LogP contribution in [0.25, 0.3) is 0 Å². The SMILES string of the molecule is CC(C)OC(=O)OC/C=C/CCCO. The van der Waals surface area contributed by atoms with Crippen LogP contribution in [0.15, 0.2) is 12.2 Å². The van der Waals surface area contributed by atoms with Crippen molar-refractivity contribution < 1.29 is 19.4 Å². The van der Waals surface area contributed by atoms with Crippen molar-refractivity contribution in [1.82, 2.24) is 0 Å². The normalized spacial score (nSPS) is 10.9. The lowest BCUT2D eigenvalue weighted by atomic mass is 10.3. The molecule has 0 radical (unpaired) electrons. The molecule has 0 saturated heterocycles. The lowest BCUT2D eigenvalue weighted by Crippen LogP contribution is -2.12. The van der Waals surface area contributed by atoms with Crippen LogP contribution in [0.2, 0.25) is 0 Å². The number of hydrogen-bond donors (Lipinski definition) is 1. The van der Waals surface area contributed by atoms with Gasteiger partial charge < -0.3 is 14.6 Å². The lowest BCUT2D eigenvalue weighted by Gasteiger charge is -2.06. The fraction of sp³-hybridized carbons (Fsp3) is 0.700. The molecular formula is C10H18O4. The maximum atomic E-state index is 10.8. The van der Waals surface area contributed by atoms with E-state index >= 15 is 0 Å². The van der Waals surface area contributed by atoms with E-state index in [1.165, 1.54) is 0 Å². The Labute approximate surface area is 84.5 Å². The lowest BCUT2D eigenvalue weighted by molar-refractivity contribution is 0.0414. The molecule has 0 amide bonds. The second kappa shape index (κ2) is 8.56. The summed E-state index contributed by atoms with van der Waals surface area (Å²) in [5.41, 5.74) is 0. The molecule has 0 aromatic carbocycles. The monoisotopic (exact) mass is 202 g/mol. The largest absolute Gasteiger partial charge is 0.508 e. The average Bonchev–Trinajstić information content (AvgIpc) is 2.10. The summed E-state index contributed by atoms with van der Waals surface area (Å²) in [6.07, 6.45) is 4.31. The Morgan fingerprint density at radius 3 is 2.71 bits per heavy atom. The molecule has 0 aromatic rings. The first-order valence-electron chi connectivity index (χ1n) is 4.76. The van der Waals surface area contributed by atoms with Gasteiger partial charge >= 0.3 is 6.16 Å². The summed E-state index contributed by atoms with van der Waals surface area (Å²) >= 11 is 0. The summed E-state index contributed by atoms with van der Waals surface area (Å²) in [5, 5.41) is 8.47. The van der Waals surface area contributed by atoms with Gasteiger partial charge in [0, 0.05) is 6.61 Å². The van der Waals surface area contributed by atoms with Gasteiger partial charge in [-0.05, 0) is 26.7 Å². The summed E-state index contributed by atoms with van der Waals surface area (Å²) in [6, 6.07) is 0. The number of carbonyl (C=O) groups is 1. The van der Waals surface area contributed by atoms with Crippen LogP contribution in [0.3, 0.4) is 0 Å². The minimum atomic E-state index is -0.646. The molecule has 1 N–H and O–H groups in total. The van der Waals surface area contributed by atoms with E-state index in [4.69, 9.17) is 14.6 Å². The van der Waals surface area contributed by atoms with Crippen LogP contribution in [-0.4, -0.2) is 30.6 Å². The second-order valence-electron chi connectivity index (χ2n) is 3.06. The van der Waals surface area contributed by atoms with E-state index < -0.39 is 6.16 Å². The molecule has 0 aromatic heterocycles.